The van der Waals surface area contributed by atoms with Crippen molar-refractivity contribution in [1.29, 1.82) is 0 Å². The van der Waals surface area contributed by atoms with Crippen molar-refractivity contribution in [3.63, 3.8) is 0 Å². The molecule has 0 aliphatic carbocycles. The Hall–Kier alpha value is -2.88. The van der Waals surface area contributed by atoms with Crippen molar-refractivity contribution in [2.24, 2.45) is 0 Å². The van der Waals surface area contributed by atoms with Gasteiger partial charge in [0.15, 0.2) is 5.82 Å². The Kier molecular flexibility index (Phi) is 3.27. The summed E-state index contributed by atoms with van der Waals surface area (Å²) in [6.07, 6.45) is 3.67. The molecule has 0 saturated carbocycles. The summed E-state index contributed by atoms with van der Waals surface area (Å²) < 4.78 is 2.06. The molecule has 2 aromatic heterocycles. The van der Waals surface area contributed by atoms with Crippen LogP contribution in [-0.2, 0) is 5.41 Å². The Balaban J connectivity index is 1.77. The van der Waals surface area contributed by atoms with Crippen LogP contribution in [0.1, 0.15) is 26.3 Å². The zero-order valence-corrected chi connectivity index (χ0v) is 14.1. The van der Waals surface area contributed by atoms with E-state index in [1.807, 2.05) is 30.7 Å². The molecule has 2 aromatic carbocycles. The van der Waals surface area contributed by atoms with Crippen LogP contribution in [0.5, 0.6) is 0 Å². The number of para-hydroxylation sites is 2. The molecular weight excluding hydrogens is 296 g/mol. The van der Waals surface area contributed by atoms with Gasteiger partial charge in [0.1, 0.15) is 5.52 Å². The maximum absolute atomic E-state index is 4.77. The highest BCUT2D eigenvalue weighted by Crippen LogP contribution is 2.27. The van der Waals surface area contributed by atoms with Gasteiger partial charge >= 0.3 is 0 Å². The Labute approximate surface area is 141 Å². The Morgan fingerprint density at radius 2 is 1.67 bits per heavy atom. The maximum Gasteiger partial charge on any atom is 0.157 e. The van der Waals surface area contributed by atoms with E-state index in [9.17, 15) is 0 Å². The van der Waals surface area contributed by atoms with E-state index in [1.165, 1.54) is 5.56 Å². The highest BCUT2D eigenvalue weighted by molar-refractivity contribution is 5.85. The average molecular weight is 316 g/mol. The molecule has 0 aliphatic rings. The summed E-state index contributed by atoms with van der Waals surface area (Å²) in [7, 11) is 0. The topological polar surface area (TPSA) is 42.2 Å². The van der Waals surface area contributed by atoms with E-state index in [-0.39, 0.29) is 5.41 Å². The molecule has 0 bridgehead atoms. The molecule has 0 spiro atoms. The van der Waals surface area contributed by atoms with Crippen molar-refractivity contribution in [2.45, 2.75) is 26.2 Å². The number of hydrogen-bond donors (Lipinski definition) is 1. The van der Waals surface area contributed by atoms with Gasteiger partial charge in [-0.05, 0) is 35.2 Å². The van der Waals surface area contributed by atoms with Crippen LogP contribution in [0.2, 0.25) is 0 Å². The highest BCUT2D eigenvalue weighted by Gasteiger charge is 2.13. The van der Waals surface area contributed by atoms with Gasteiger partial charge in [-0.3, -0.25) is 4.40 Å². The molecule has 4 heteroatoms. The molecule has 24 heavy (non-hydrogen) atoms. The second-order valence-electron chi connectivity index (χ2n) is 7.05. The third-order valence-electron chi connectivity index (χ3n) is 4.27. The van der Waals surface area contributed by atoms with Crippen molar-refractivity contribution in [3.8, 4) is 0 Å². The number of rotatable bonds is 2. The fourth-order valence-corrected chi connectivity index (χ4v) is 2.88. The van der Waals surface area contributed by atoms with Crippen molar-refractivity contribution >= 4 is 28.1 Å². The number of imidazole rings is 1. The second-order valence-corrected chi connectivity index (χ2v) is 7.05. The maximum atomic E-state index is 4.77. The summed E-state index contributed by atoms with van der Waals surface area (Å²) >= 11 is 0. The van der Waals surface area contributed by atoms with Crippen LogP contribution in [0.3, 0.4) is 0 Å². The lowest BCUT2D eigenvalue weighted by Crippen LogP contribution is -2.10. The van der Waals surface area contributed by atoms with Crippen LogP contribution in [-0.4, -0.2) is 14.4 Å². The van der Waals surface area contributed by atoms with E-state index in [0.29, 0.717) is 0 Å². The summed E-state index contributed by atoms with van der Waals surface area (Å²) in [6, 6.07) is 16.6. The van der Waals surface area contributed by atoms with Crippen LogP contribution in [0.15, 0.2) is 61.1 Å². The van der Waals surface area contributed by atoms with Gasteiger partial charge in [0.2, 0.25) is 0 Å². The first-order chi connectivity index (χ1) is 11.5. The number of fused-ring (bicyclic) bond motifs is 3. The average Bonchev–Trinajstić information content (AvgIpc) is 3.05. The van der Waals surface area contributed by atoms with Crippen molar-refractivity contribution in [2.75, 3.05) is 5.32 Å². The molecular formula is C20H20N4. The molecule has 0 atom stereocenters. The lowest BCUT2D eigenvalue weighted by Gasteiger charge is -2.19. The largest absolute Gasteiger partial charge is 0.338 e. The minimum atomic E-state index is 0.151. The SMILES string of the molecule is CC(C)(C)c1ccc(Nc2nc3ccccc3n3cncc23)cc1. The van der Waals surface area contributed by atoms with Crippen LogP contribution in [0.4, 0.5) is 11.5 Å². The molecule has 1 N–H and O–H groups in total. The van der Waals surface area contributed by atoms with Gasteiger partial charge in [-0.1, -0.05) is 45.0 Å². The molecule has 0 fully saturated rings. The monoisotopic (exact) mass is 316 g/mol. The molecule has 0 radical (unpaired) electrons. The Bertz CT molecular complexity index is 1010. The number of benzene rings is 2. The number of nitrogens with zero attached hydrogens (tertiary/aromatic N) is 3. The summed E-state index contributed by atoms with van der Waals surface area (Å²) in [5.74, 6) is 0.815. The lowest BCUT2D eigenvalue weighted by molar-refractivity contribution is 0.590. The van der Waals surface area contributed by atoms with Gasteiger partial charge < -0.3 is 5.32 Å². The van der Waals surface area contributed by atoms with Crippen LogP contribution < -0.4 is 5.32 Å². The normalized spacial score (nSPS) is 12.0. The fourth-order valence-electron chi connectivity index (χ4n) is 2.88. The third-order valence-corrected chi connectivity index (χ3v) is 4.27. The van der Waals surface area contributed by atoms with Gasteiger partial charge in [-0.2, -0.15) is 0 Å². The Morgan fingerprint density at radius 3 is 2.42 bits per heavy atom. The summed E-state index contributed by atoms with van der Waals surface area (Å²) in [5.41, 5.74) is 5.45. The van der Waals surface area contributed by atoms with E-state index in [2.05, 4.69) is 65.8 Å². The second kappa shape index (κ2) is 5.34. The molecule has 0 aliphatic heterocycles. The Morgan fingerprint density at radius 1 is 0.917 bits per heavy atom. The van der Waals surface area contributed by atoms with Gasteiger partial charge in [-0.25, -0.2) is 9.97 Å². The van der Waals surface area contributed by atoms with Gasteiger partial charge in [-0.15, -0.1) is 0 Å². The zero-order valence-electron chi connectivity index (χ0n) is 14.1. The smallest absolute Gasteiger partial charge is 0.157 e. The molecule has 4 nitrogen and oxygen atoms in total. The summed E-state index contributed by atoms with van der Waals surface area (Å²) in [4.78, 5) is 9.05. The van der Waals surface area contributed by atoms with E-state index in [1.54, 1.807) is 0 Å². The summed E-state index contributed by atoms with van der Waals surface area (Å²) in [5, 5.41) is 3.43. The first kappa shape index (κ1) is 14.7. The first-order valence-corrected chi connectivity index (χ1v) is 8.11. The molecule has 120 valence electrons. The molecule has 0 amide bonds. The van der Waals surface area contributed by atoms with Crippen molar-refractivity contribution in [1.82, 2.24) is 14.4 Å². The molecule has 0 saturated heterocycles. The van der Waals surface area contributed by atoms with Crippen molar-refractivity contribution in [3.05, 3.63) is 66.6 Å². The van der Waals surface area contributed by atoms with E-state index in [0.717, 1.165) is 28.1 Å². The van der Waals surface area contributed by atoms with Gasteiger partial charge in [0.05, 0.1) is 23.6 Å². The molecule has 2 heterocycles. The van der Waals surface area contributed by atoms with Crippen molar-refractivity contribution < 1.29 is 0 Å². The predicted molar refractivity (Wildman–Crippen MR) is 98.9 cm³/mol. The van der Waals surface area contributed by atoms with E-state index >= 15 is 0 Å². The third kappa shape index (κ3) is 2.50. The predicted octanol–water partition coefficient (Wildman–Crippen LogP) is 4.92. The fraction of sp³-hybridized carbons (Fsp3) is 0.200. The minimum absolute atomic E-state index is 0.151. The quantitative estimate of drug-likeness (QED) is 0.570. The van der Waals surface area contributed by atoms with Crippen LogP contribution in [0, 0.1) is 0 Å². The number of nitrogens with one attached hydrogen (secondary N) is 1. The van der Waals surface area contributed by atoms with Crippen LogP contribution >= 0.6 is 0 Å². The standard InChI is InChI=1S/C20H20N4/c1-20(2,3)14-8-10-15(11-9-14)22-19-18-12-21-13-24(18)17-7-5-4-6-16(17)23-19/h4-13H,1-3H3,(H,22,23). The summed E-state index contributed by atoms with van der Waals surface area (Å²) in [6.45, 7) is 6.66. The van der Waals surface area contributed by atoms with E-state index < -0.39 is 0 Å². The molecule has 0 unspecified atom stereocenters. The van der Waals surface area contributed by atoms with Gasteiger partial charge in [0, 0.05) is 5.69 Å². The number of hydrogen-bond acceptors (Lipinski definition) is 3. The van der Waals surface area contributed by atoms with Crippen LogP contribution in [0.25, 0.3) is 16.6 Å². The zero-order chi connectivity index (χ0) is 16.7. The number of aromatic nitrogens is 3. The van der Waals surface area contributed by atoms with E-state index in [4.69, 9.17) is 4.98 Å². The van der Waals surface area contributed by atoms with Gasteiger partial charge in [0.25, 0.3) is 0 Å². The minimum Gasteiger partial charge on any atom is -0.338 e. The first-order valence-electron chi connectivity index (χ1n) is 8.11. The molecule has 4 aromatic rings. The lowest BCUT2D eigenvalue weighted by atomic mass is 9.87. The number of anilines is 2. The molecule has 4 rings (SSSR count). The highest BCUT2D eigenvalue weighted by atomic mass is 15.1.